The van der Waals surface area contributed by atoms with Crippen LogP contribution in [0.15, 0.2) is 34.1 Å². The molecule has 1 atom stereocenters. The lowest BCUT2D eigenvalue weighted by atomic mass is 10.0. The fourth-order valence-corrected chi connectivity index (χ4v) is 6.84. The van der Waals surface area contributed by atoms with Crippen LogP contribution in [0, 0.1) is 5.92 Å². The van der Waals surface area contributed by atoms with Crippen LogP contribution >= 0.6 is 0 Å². The highest BCUT2D eigenvalue weighted by Crippen LogP contribution is 2.26. The number of hydrogen-bond acceptors (Lipinski definition) is 4. The van der Waals surface area contributed by atoms with Gasteiger partial charge in [-0.3, -0.25) is 0 Å². The third-order valence-corrected chi connectivity index (χ3v) is 9.08. The number of benzene rings is 1. The largest absolute Gasteiger partial charge is 0.243 e. The van der Waals surface area contributed by atoms with E-state index in [1.807, 2.05) is 0 Å². The molecule has 0 N–H and O–H groups in total. The average molecular weight is 401 g/mol. The Morgan fingerprint density at radius 2 is 1.19 bits per heavy atom. The molecule has 2 fully saturated rings. The predicted molar refractivity (Wildman–Crippen MR) is 101 cm³/mol. The van der Waals surface area contributed by atoms with Gasteiger partial charge in [0.15, 0.2) is 0 Å². The molecule has 0 amide bonds. The molecule has 8 heteroatoms. The zero-order valence-electron chi connectivity index (χ0n) is 15.3. The summed E-state index contributed by atoms with van der Waals surface area (Å²) in [6.07, 6.45) is 5.76. The van der Waals surface area contributed by atoms with Crippen molar-refractivity contribution in [2.45, 2.75) is 55.2 Å². The van der Waals surface area contributed by atoms with Crippen LogP contribution in [0.3, 0.4) is 0 Å². The molecule has 0 radical (unpaired) electrons. The van der Waals surface area contributed by atoms with Gasteiger partial charge in [-0.25, -0.2) is 16.8 Å². The van der Waals surface area contributed by atoms with Gasteiger partial charge in [0.05, 0.1) is 9.79 Å². The minimum absolute atomic E-state index is 0.168. The zero-order valence-corrected chi connectivity index (χ0v) is 16.9. The van der Waals surface area contributed by atoms with E-state index in [0.29, 0.717) is 32.1 Å². The maximum absolute atomic E-state index is 12.8. The Morgan fingerprint density at radius 3 is 1.69 bits per heavy atom. The van der Waals surface area contributed by atoms with Crippen molar-refractivity contribution < 1.29 is 16.8 Å². The van der Waals surface area contributed by atoms with Crippen molar-refractivity contribution in [2.75, 3.05) is 26.2 Å². The highest BCUT2D eigenvalue weighted by Gasteiger charge is 2.30. The van der Waals surface area contributed by atoms with Gasteiger partial charge in [-0.15, -0.1) is 0 Å². The molecule has 2 aliphatic rings. The molecule has 2 saturated heterocycles. The van der Waals surface area contributed by atoms with Crippen molar-refractivity contribution in [1.29, 1.82) is 0 Å². The van der Waals surface area contributed by atoms with Crippen molar-refractivity contribution in [3.05, 3.63) is 24.3 Å². The number of piperidine rings is 1. The number of sulfonamides is 2. The second-order valence-electron chi connectivity index (χ2n) is 7.40. The summed E-state index contributed by atoms with van der Waals surface area (Å²) in [4.78, 5) is 0.340. The molecule has 26 heavy (non-hydrogen) atoms. The molecule has 6 nitrogen and oxygen atoms in total. The van der Waals surface area contributed by atoms with Gasteiger partial charge in [0.1, 0.15) is 0 Å². The van der Waals surface area contributed by atoms with Crippen LogP contribution in [0.4, 0.5) is 0 Å². The first-order valence-electron chi connectivity index (χ1n) is 9.42. The first kappa shape index (κ1) is 19.8. The van der Waals surface area contributed by atoms with E-state index in [9.17, 15) is 16.8 Å². The van der Waals surface area contributed by atoms with Gasteiger partial charge in [0, 0.05) is 26.2 Å². The van der Waals surface area contributed by atoms with Crippen LogP contribution in [0.2, 0.25) is 0 Å². The topological polar surface area (TPSA) is 74.8 Å². The third kappa shape index (κ3) is 4.13. The molecular weight excluding hydrogens is 372 g/mol. The van der Waals surface area contributed by atoms with Gasteiger partial charge < -0.3 is 0 Å². The summed E-state index contributed by atoms with van der Waals surface area (Å²) < 4.78 is 54.3. The van der Waals surface area contributed by atoms with Crippen molar-refractivity contribution in [1.82, 2.24) is 8.61 Å². The Morgan fingerprint density at radius 1 is 0.731 bits per heavy atom. The molecule has 0 bridgehead atoms. The van der Waals surface area contributed by atoms with E-state index in [0.717, 1.165) is 38.5 Å². The van der Waals surface area contributed by atoms with E-state index >= 15 is 0 Å². The lowest BCUT2D eigenvalue weighted by Gasteiger charge is -2.30. The van der Waals surface area contributed by atoms with Gasteiger partial charge in [0.25, 0.3) is 0 Å². The normalized spacial score (nSPS) is 24.3. The van der Waals surface area contributed by atoms with Crippen LogP contribution in [-0.2, 0) is 20.0 Å². The average Bonchev–Trinajstić information content (AvgIpc) is 2.92. The van der Waals surface area contributed by atoms with E-state index in [1.54, 1.807) is 0 Å². The van der Waals surface area contributed by atoms with Gasteiger partial charge in [-0.2, -0.15) is 8.61 Å². The second kappa shape index (κ2) is 7.96. The molecule has 3 rings (SSSR count). The molecule has 0 spiro atoms. The maximum atomic E-state index is 12.8. The van der Waals surface area contributed by atoms with Crippen molar-refractivity contribution >= 4 is 20.0 Å². The highest BCUT2D eigenvalue weighted by molar-refractivity contribution is 7.89. The second-order valence-corrected chi connectivity index (χ2v) is 11.3. The first-order valence-corrected chi connectivity index (χ1v) is 12.3. The quantitative estimate of drug-likeness (QED) is 0.779. The van der Waals surface area contributed by atoms with E-state index < -0.39 is 20.0 Å². The van der Waals surface area contributed by atoms with Crippen LogP contribution in [0.25, 0.3) is 0 Å². The molecule has 0 unspecified atom stereocenters. The molecule has 1 aromatic rings. The van der Waals surface area contributed by atoms with Crippen LogP contribution in [-0.4, -0.2) is 51.6 Å². The van der Waals surface area contributed by atoms with Crippen LogP contribution in [0.1, 0.15) is 45.4 Å². The van der Waals surface area contributed by atoms with E-state index in [2.05, 4.69) is 6.92 Å². The van der Waals surface area contributed by atoms with Crippen molar-refractivity contribution in [3.8, 4) is 0 Å². The summed E-state index contributed by atoms with van der Waals surface area (Å²) in [6.45, 7) is 4.18. The summed E-state index contributed by atoms with van der Waals surface area (Å²) >= 11 is 0. The number of rotatable bonds is 4. The Hall–Kier alpha value is -0.960. The van der Waals surface area contributed by atoms with Crippen molar-refractivity contribution in [2.24, 2.45) is 5.92 Å². The van der Waals surface area contributed by atoms with E-state index in [1.165, 1.54) is 32.9 Å². The number of nitrogens with zero attached hydrogens (tertiary/aromatic N) is 2. The van der Waals surface area contributed by atoms with Gasteiger partial charge in [0.2, 0.25) is 20.0 Å². The highest BCUT2D eigenvalue weighted by atomic mass is 32.2. The molecule has 146 valence electrons. The fraction of sp³-hybridized carbons (Fsp3) is 0.667. The minimum Gasteiger partial charge on any atom is -0.207 e. The monoisotopic (exact) mass is 400 g/mol. The first-order chi connectivity index (χ1) is 12.3. The summed E-state index contributed by atoms with van der Waals surface area (Å²) in [7, 11) is -7.12. The van der Waals surface area contributed by atoms with Gasteiger partial charge in [-0.05, 0) is 55.9 Å². The number of hydrogen-bond donors (Lipinski definition) is 0. The molecule has 0 aliphatic carbocycles. The smallest absolute Gasteiger partial charge is 0.207 e. The SMILES string of the molecule is C[C@H]1CCCN(S(=O)(=O)c2ccc(S(=O)(=O)N3CCCCCC3)cc2)C1. The zero-order chi connectivity index (χ0) is 18.8. The molecule has 2 aliphatic heterocycles. The van der Waals surface area contributed by atoms with Crippen LogP contribution in [0.5, 0.6) is 0 Å². The summed E-state index contributed by atoms with van der Waals surface area (Å²) in [5.41, 5.74) is 0. The van der Waals surface area contributed by atoms with E-state index in [-0.39, 0.29) is 9.79 Å². The summed E-state index contributed by atoms with van der Waals surface area (Å²) in [5.74, 6) is 0.348. The predicted octanol–water partition coefficient (Wildman–Crippen LogP) is 2.67. The Labute approximate surface area is 157 Å². The summed E-state index contributed by atoms with van der Waals surface area (Å²) in [6, 6.07) is 5.72. The third-order valence-electron chi connectivity index (χ3n) is 5.28. The molecular formula is C18H28N2O4S2. The lowest BCUT2D eigenvalue weighted by molar-refractivity contribution is 0.281. The fourth-order valence-electron chi connectivity index (χ4n) is 3.73. The standard InChI is InChI=1S/C18H28N2O4S2/c1-16-7-6-14-20(15-16)26(23,24)18-10-8-17(9-11-18)25(21,22)19-12-4-2-3-5-13-19/h8-11,16H,2-7,12-15H2,1H3/t16-/m0/s1. The van der Waals surface area contributed by atoms with Gasteiger partial charge in [-0.1, -0.05) is 19.8 Å². The molecule has 2 heterocycles. The minimum atomic E-state index is -3.56. The summed E-state index contributed by atoms with van der Waals surface area (Å²) in [5, 5.41) is 0. The Kier molecular flexibility index (Phi) is 6.06. The van der Waals surface area contributed by atoms with Gasteiger partial charge >= 0.3 is 0 Å². The Balaban J connectivity index is 1.81. The Bertz CT molecular complexity index is 760. The van der Waals surface area contributed by atoms with Crippen LogP contribution < -0.4 is 0 Å². The van der Waals surface area contributed by atoms with Crippen molar-refractivity contribution in [3.63, 3.8) is 0 Å². The molecule has 1 aromatic carbocycles. The lowest BCUT2D eigenvalue weighted by Crippen LogP contribution is -2.39. The molecule has 0 aromatic heterocycles. The maximum Gasteiger partial charge on any atom is 0.243 e. The van der Waals surface area contributed by atoms with E-state index in [4.69, 9.17) is 0 Å². The molecule has 0 saturated carbocycles.